The van der Waals surface area contributed by atoms with Crippen molar-refractivity contribution in [2.45, 2.75) is 56.6 Å². The van der Waals surface area contributed by atoms with Crippen LogP contribution in [-0.4, -0.2) is 37.8 Å². The Kier molecular flexibility index (Phi) is 7.28. The van der Waals surface area contributed by atoms with Crippen molar-refractivity contribution in [3.05, 3.63) is 65.7 Å². The van der Waals surface area contributed by atoms with E-state index in [4.69, 9.17) is 0 Å². The zero-order chi connectivity index (χ0) is 21.7. The Morgan fingerprint density at radius 2 is 1.63 bits per heavy atom. The highest BCUT2D eigenvalue weighted by Crippen LogP contribution is 2.21. The molecule has 2 atom stereocenters. The average Bonchev–Trinajstić information content (AvgIpc) is 3.57. The molecule has 0 radical (unpaired) electrons. The Labute approximate surface area is 179 Å². The predicted octanol–water partition coefficient (Wildman–Crippen LogP) is 2.36. The molecule has 0 aliphatic heterocycles. The van der Waals surface area contributed by atoms with Gasteiger partial charge in [-0.1, -0.05) is 56.3 Å². The second kappa shape index (κ2) is 9.73. The molecule has 1 saturated carbocycles. The third kappa shape index (κ3) is 5.28. The highest BCUT2D eigenvalue weighted by Gasteiger charge is 2.32. The molecule has 0 unspecified atom stereocenters. The Hall–Kier alpha value is -2.22. The van der Waals surface area contributed by atoms with E-state index in [0.717, 1.165) is 24.0 Å². The molecule has 0 saturated heterocycles. The van der Waals surface area contributed by atoms with Gasteiger partial charge in [-0.05, 0) is 31.9 Å². The molecule has 1 fully saturated rings. The van der Waals surface area contributed by atoms with Gasteiger partial charge in [0.15, 0.2) is 6.04 Å². The van der Waals surface area contributed by atoms with Crippen LogP contribution in [0, 0.1) is 0 Å². The molecule has 162 valence electrons. The van der Waals surface area contributed by atoms with Gasteiger partial charge in [-0.2, -0.15) is 4.31 Å². The SMILES string of the molecule is CCN(CC)S(=O)(=O)c1ccc([C@H](C)[NH2+][C@@H](C(=O)NC2CC2)c2ccccc2)cc1. The van der Waals surface area contributed by atoms with E-state index in [1.165, 1.54) is 4.31 Å². The number of benzene rings is 2. The largest absolute Gasteiger partial charge is 0.348 e. The molecule has 0 aromatic heterocycles. The van der Waals surface area contributed by atoms with Crippen LogP contribution in [0.4, 0.5) is 0 Å². The molecule has 7 heteroatoms. The number of hydrogen-bond acceptors (Lipinski definition) is 3. The topological polar surface area (TPSA) is 83.1 Å². The lowest BCUT2D eigenvalue weighted by Gasteiger charge is -2.21. The first-order valence-electron chi connectivity index (χ1n) is 10.7. The summed E-state index contributed by atoms with van der Waals surface area (Å²) in [7, 11) is -3.47. The number of quaternary nitrogens is 1. The van der Waals surface area contributed by atoms with E-state index in [-0.39, 0.29) is 18.0 Å². The minimum Gasteiger partial charge on any atom is -0.348 e. The Morgan fingerprint density at radius 1 is 1.03 bits per heavy atom. The van der Waals surface area contributed by atoms with Gasteiger partial charge in [-0.25, -0.2) is 8.42 Å². The van der Waals surface area contributed by atoms with Crippen LogP contribution in [0.5, 0.6) is 0 Å². The van der Waals surface area contributed by atoms with Crippen molar-refractivity contribution in [1.29, 1.82) is 0 Å². The minimum absolute atomic E-state index is 0.00892. The summed E-state index contributed by atoms with van der Waals surface area (Å²) in [4.78, 5) is 13.2. The number of carbonyl (C=O) groups is 1. The average molecular weight is 431 g/mol. The van der Waals surface area contributed by atoms with Gasteiger partial charge in [0.05, 0.1) is 4.90 Å². The van der Waals surface area contributed by atoms with Crippen LogP contribution in [0.2, 0.25) is 0 Å². The van der Waals surface area contributed by atoms with Crippen LogP contribution in [0.3, 0.4) is 0 Å². The first kappa shape index (κ1) is 22.5. The van der Waals surface area contributed by atoms with Crippen molar-refractivity contribution in [1.82, 2.24) is 9.62 Å². The monoisotopic (exact) mass is 430 g/mol. The maximum Gasteiger partial charge on any atom is 0.283 e. The minimum atomic E-state index is -3.47. The highest BCUT2D eigenvalue weighted by molar-refractivity contribution is 7.89. The van der Waals surface area contributed by atoms with E-state index in [0.29, 0.717) is 24.0 Å². The smallest absolute Gasteiger partial charge is 0.283 e. The molecule has 2 aromatic carbocycles. The van der Waals surface area contributed by atoms with E-state index in [1.807, 2.05) is 68.6 Å². The summed E-state index contributed by atoms with van der Waals surface area (Å²) in [5, 5.41) is 5.15. The zero-order valence-electron chi connectivity index (χ0n) is 17.9. The van der Waals surface area contributed by atoms with Crippen LogP contribution in [0.25, 0.3) is 0 Å². The maximum atomic E-state index is 12.9. The molecule has 3 rings (SSSR count). The van der Waals surface area contributed by atoms with Crippen LogP contribution >= 0.6 is 0 Å². The number of rotatable bonds is 10. The van der Waals surface area contributed by atoms with Crippen molar-refractivity contribution >= 4 is 15.9 Å². The summed E-state index contributed by atoms with van der Waals surface area (Å²) in [5.74, 6) is 0.0243. The van der Waals surface area contributed by atoms with Crippen LogP contribution in [0.15, 0.2) is 59.5 Å². The summed E-state index contributed by atoms with van der Waals surface area (Å²) in [6.07, 6.45) is 2.09. The normalized spacial score (nSPS) is 16.3. The quantitative estimate of drug-likeness (QED) is 0.607. The van der Waals surface area contributed by atoms with Gasteiger partial charge in [0.1, 0.15) is 6.04 Å². The van der Waals surface area contributed by atoms with E-state index in [2.05, 4.69) is 5.32 Å². The maximum absolute atomic E-state index is 12.9. The summed E-state index contributed by atoms with van der Waals surface area (Å²) in [6.45, 7) is 6.60. The molecule has 0 bridgehead atoms. The van der Waals surface area contributed by atoms with E-state index in [1.54, 1.807) is 12.1 Å². The number of amides is 1. The number of carbonyl (C=O) groups excluding carboxylic acids is 1. The lowest BCUT2D eigenvalue weighted by Crippen LogP contribution is -2.88. The summed E-state index contributed by atoms with van der Waals surface area (Å²) in [6, 6.07) is 16.7. The second-order valence-electron chi connectivity index (χ2n) is 7.81. The molecule has 0 spiro atoms. The van der Waals surface area contributed by atoms with Gasteiger partial charge in [0.2, 0.25) is 10.0 Å². The molecule has 1 aliphatic carbocycles. The van der Waals surface area contributed by atoms with Gasteiger partial charge in [0, 0.05) is 30.3 Å². The molecule has 1 amide bonds. The van der Waals surface area contributed by atoms with Gasteiger partial charge in [0.25, 0.3) is 5.91 Å². The summed E-state index contributed by atoms with van der Waals surface area (Å²) >= 11 is 0. The predicted molar refractivity (Wildman–Crippen MR) is 117 cm³/mol. The fourth-order valence-electron chi connectivity index (χ4n) is 3.58. The third-order valence-corrected chi connectivity index (χ3v) is 7.66. The highest BCUT2D eigenvalue weighted by atomic mass is 32.2. The Balaban J connectivity index is 1.77. The molecule has 30 heavy (non-hydrogen) atoms. The molecule has 2 aromatic rings. The second-order valence-corrected chi connectivity index (χ2v) is 9.75. The first-order chi connectivity index (χ1) is 14.4. The first-order valence-corrected chi connectivity index (χ1v) is 12.1. The van der Waals surface area contributed by atoms with Gasteiger partial charge >= 0.3 is 0 Å². The lowest BCUT2D eigenvalue weighted by molar-refractivity contribution is -0.719. The van der Waals surface area contributed by atoms with Gasteiger partial charge < -0.3 is 10.6 Å². The molecule has 1 aliphatic rings. The van der Waals surface area contributed by atoms with Crippen LogP contribution in [0.1, 0.15) is 56.8 Å². The number of nitrogens with one attached hydrogen (secondary N) is 1. The Morgan fingerprint density at radius 3 is 2.17 bits per heavy atom. The van der Waals surface area contributed by atoms with E-state index >= 15 is 0 Å². The Bertz CT molecular complexity index is 937. The van der Waals surface area contributed by atoms with Crippen LogP contribution in [-0.2, 0) is 14.8 Å². The molecule has 0 heterocycles. The number of nitrogens with two attached hydrogens (primary N) is 1. The number of hydrogen-bond donors (Lipinski definition) is 2. The fourth-order valence-corrected chi connectivity index (χ4v) is 5.04. The molecule has 6 nitrogen and oxygen atoms in total. The zero-order valence-corrected chi connectivity index (χ0v) is 18.7. The van der Waals surface area contributed by atoms with Crippen molar-refractivity contribution in [2.24, 2.45) is 0 Å². The van der Waals surface area contributed by atoms with Crippen molar-refractivity contribution in [3.63, 3.8) is 0 Å². The van der Waals surface area contributed by atoms with E-state index < -0.39 is 10.0 Å². The van der Waals surface area contributed by atoms with Gasteiger partial charge in [-0.15, -0.1) is 0 Å². The summed E-state index contributed by atoms with van der Waals surface area (Å²) < 4.78 is 26.9. The third-order valence-electron chi connectivity index (χ3n) is 5.60. The van der Waals surface area contributed by atoms with Crippen molar-refractivity contribution < 1.29 is 18.5 Å². The molecule has 3 N–H and O–H groups in total. The lowest BCUT2D eigenvalue weighted by atomic mass is 10.0. The van der Waals surface area contributed by atoms with Gasteiger partial charge in [-0.3, -0.25) is 4.79 Å². The summed E-state index contributed by atoms with van der Waals surface area (Å²) in [5.41, 5.74) is 1.94. The fraction of sp³-hybridized carbons (Fsp3) is 0.435. The van der Waals surface area contributed by atoms with Crippen molar-refractivity contribution in [2.75, 3.05) is 13.1 Å². The van der Waals surface area contributed by atoms with E-state index in [9.17, 15) is 13.2 Å². The standard InChI is InChI=1S/C23H31N3O3S/c1-4-26(5-2)30(28,29)21-15-11-18(12-16-21)17(3)24-22(19-9-7-6-8-10-19)23(27)25-20-13-14-20/h6-12,15-17,20,22,24H,4-5,13-14H2,1-3H3,(H,25,27)/p+1/t17-,22+/m0/s1. The number of nitrogens with zero attached hydrogens (tertiary/aromatic N) is 1. The number of sulfonamides is 1. The molecular formula is C23H32N3O3S+. The molecular weight excluding hydrogens is 398 g/mol. The van der Waals surface area contributed by atoms with Crippen molar-refractivity contribution in [3.8, 4) is 0 Å². The van der Waals surface area contributed by atoms with Crippen LogP contribution < -0.4 is 10.6 Å².